The lowest BCUT2D eigenvalue weighted by molar-refractivity contribution is 0.272. The normalized spacial score (nSPS) is 11.5. The van der Waals surface area contributed by atoms with E-state index in [1.807, 2.05) is 30.3 Å². The van der Waals surface area contributed by atoms with Crippen LogP contribution in [0.25, 0.3) is 6.08 Å². The van der Waals surface area contributed by atoms with Crippen molar-refractivity contribution in [1.82, 2.24) is 0 Å². The second-order valence-corrected chi connectivity index (χ2v) is 9.92. The molecular formula is C19H22OSi. The fraction of sp³-hybridized carbons (Fsp3) is 0.158. The van der Waals surface area contributed by atoms with E-state index in [9.17, 15) is 0 Å². The molecule has 2 rings (SSSR count). The highest BCUT2D eigenvalue weighted by Crippen LogP contribution is 2.14. The summed E-state index contributed by atoms with van der Waals surface area (Å²) < 4.78 is 5.86. The van der Waals surface area contributed by atoms with Crippen LogP contribution in [0, 0.1) is 0 Å². The second-order valence-electron chi connectivity index (χ2n) is 5.54. The molecule has 0 aromatic heterocycles. The summed E-state index contributed by atoms with van der Waals surface area (Å²) in [5.74, 6) is 0. The molecule has 2 heteroatoms. The fourth-order valence-corrected chi connectivity index (χ4v) is 3.89. The zero-order valence-electron chi connectivity index (χ0n) is 12.8. The van der Waals surface area contributed by atoms with Crippen LogP contribution < -0.4 is 5.19 Å². The molecule has 0 atom stereocenters. The Morgan fingerprint density at radius 1 is 1.00 bits per heavy atom. The minimum absolute atomic E-state index is 0.566. The summed E-state index contributed by atoms with van der Waals surface area (Å²) >= 11 is 0. The standard InChI is InChI=1S/C19H22OSi/c1-17(21(2,3)19-14-8-5-9-15-19)20-16-10-13-18-11-6-4-7-12-18/h4-15H,1,16H2,2-3H3/b13-10+. The number of benzene rings is 2. The first-order valence-corrected chi connectivity index (χ1v) is 10.2. The van der Waals surface area contributed by atoms with Gasteiger partial charge < -0.3 is 4.74 Å². The smallest absolute Gasteiger partial charge is 0.155 e. The SMILES string of the molecule is C=C(OC/C=C/c1ccccc1)[Si](C)(C)c1ccccc1. The minimum atomic E-state index is -1.76. The Morgan fingerprint density at radius 2 is 1.57 bits per heavy atom. The molecule has 0 fully saturated rings. The molecule has 0 saturated heterocycles. The lowest BCUT2D eigenvalue weighted by atomic mass is 10.2. The van der Waals surface area contributed by atoms with E-state index in [4.69, 9.17) is 4.74 Å². The molecule has 21 heavy (non-hydrogen) atoms. The van der Waals surface area contributed by atoms with Crippen LogP contribution in [0.3, 0.4) is 0 Å². The third-order valence-corrected chi connectivity index (χ3v) is 6.97. The van der Waals surface area contributed by atoms with Gasteiger partial charge in [-0.25, -0.2) is 0 Å². The Balaban J connectivity index is 1.91. The van der Waals surface area contributed by atoms with Crippen LogP contribution in [-0.4, -0.2) is 14.7 Å². The van der Waals surface area contributed by atoms with E-state index in [0.29, 0.717) is 6.61 Å². The van der Waals surface area contributed by atoms with Crippen molar-refractivity contribution >= 4 is 19.3 Å². The summed E-state index contributed by atoms with van der Waals surface area (Å²) in [5, 5.41) is 2.27. The van der Waals surface area contributed by atoms with E-state index in [0.717, 1.165) is 5.38 Å². The second kappa shape index (κ2) is 7.09. The Bertz CT molecular complexity index is 600. The lowest BCUT2D eigenvalue weighted by Crippen LogP contribution is -2.44. The molecule has 0 aliphatic carbocycles. The average Bonchev–Trinajstić information content (AvgIpc) is 2.53. The van der Waals surface area contributed by atoms with Crippen LogP contribution >= 0.6 is 0 Å². The molecule has 2 aromatic carbocycles. The van der Waals surface area contributed by atoms with Gasteiger partial charge in [-0.3, -0.25) is 0 Å². The van der Waals surface area contributed by atoms with E-state index < -0.39 is 8.07 Å². The highest BCUT2D eigenvalue weighted by atomic mass is 28.3. The lowest BCUT2D eigenvalue weighted by Gasteiger charge is -2.25. The summed E-state index contributed by atoms with van der Waals surface area (Å²) in [4.78, 5) is 0. The number of ether oxygens (including phenoxy) is 1. The molecule has 108 valence electrons. The van der Waals surface area contributed by atoms with Crippen molar-refractivity contribution in [2.24, 2.45) is 0 Å². The molecule has 0 radical (unpaired) electrons. The quantitative estimate of drug-likeness (QED) is 0.567. The Kier molecular flexibility index (Phi) is 5.18. The van der Waals surface area contributed by atoms with E-state index in [1.54, 1.807) is 0 Å². The van der Waals surface area contributed by atoms with Crippen molar-refractivity contribution in [3.8, 4) is 0 Å². The largest absolute Gasteiger partial charge is 0.499 e. The van der Waals surface area contributed by atoms with Gasteiger partial charge in [0.2, 0.25) is 0 Å². The summed E-state index contributed by atoms with van der Waals surface area (Å²) in [6.07, 6.45) is 4.11. The first-order chi connectivity index (χ1) is 10.1. The van der Waals surface area contributed by atoms with Gasteiger partial charge in [0.25, 0.3) is 0 Å². The van der Waals surface area contributed by atoms with Crippen molar-refractivity contribution in [3.05, 3.63) is 84.3 Å². The average molecular weight is 294 g/mol. The first kappa shape index (κ1) is 15.3. The number of hydrogen-bond acceptors (Lipinski definition) is 1. The maximum atomic E-state index is 5.86. The number of hydrogen-bond donors (Lipinski definition) is 0. The van der Waals surface area contributed by atoms with Crippen molar-refractivity contribution in [2.45, 2.75) is 13.1 Å². The van der Waals surface area contributed by atoms with Crippen LogP contribution in [0.5, 0.6) is 0 Å². The zero-order valence-corrected chi connectivity index (χ0v) is 13.8. The van der Waals surface area contributed by atoms with E-state index in [-0.39, 0.29) is 0 Å². The van der Waals surface area contributed by atoms with E-state index in [1.165, 1.54) is 10.8 Å². The highest BCUT2D eigenvalue weighted by Gasteiger charge is 2.28. The Labute approximate surface area is 128 Å². The molecule has 0 unspecified atom stereocenters. The van der Waals surface area contributed by atoms with Gasteiger partial charge >= 0.3 is 0 Å². The van der Waals surface area contributed by atoms with Gasteiger partial charge in [0.1, 0.15) is 6.61 Å². The van der Waals surface area contributed by atoms with Crippen molar-refractivity contribution < 1.29 is 4.74 Å². The molecular weight excluding hydrogens is 272 g/mol. The minimum Gasteiger partial charge on any atom is -0.499 e. The zero-order chi connectivity index (χ0) is 15.1. The number of rotatable bonds is 6. The summed E-state index contributed by atoms with van der Waals surface area (Å²) in [6.45, 7) is 9.26. The molecule has 0 aliphatic rings. The van der Waals surface area contributed by atoms with E-state index in [2.05, 4.69) is 62.1 Å². The molecule has 0 bridgehead atoms. The maximum absolute atomic E-state index is 5.86. The van der Waals surface area contributed by atoms with Crippen LogP contribution in [0.15, 0.2) is 78.7 Å². The Hall–Kier alpha value is -2.06. The monoisotopic (exact) mass is 294 g/mol. The van der Waals surface area contributed by atoms with Gasteiger partial charge in [0.15, 0.2) is 8.07 Å². The Morgan fingerprint density at radius 3 is 2.19 bits per heavy atom. The van der Waals surface area contributed by atoms with Gasteiger partial charge in [-0.15, -0.1) is 0 Å². The molecule has 0 spiro atoms. The fourth-order valence-electron chi connectivity index (χ4n) is 2.09. The van der Waals surface area contributed by atoms with Crippen molar-refractivity contribution in [1.29, 1.82) is 0 Å². The summed E-state index contributed by atoms with van der Waals surface area (Å²) in [6, 6.07) is 20.8. The molecule has 0 saturated carbocycles. The van der Waals surface area contributed by atoms with Gasteiger partial charge in [0.05, 0.1) is 5.38 Å². The van der Waals surface area contributed by atoms with Crippen LogP contribution in [0.1, 0.15) is 5.56 Å². The predicted octanol–water partition coefficient (Wildman–Crippen LogP) is 4.38. The van der Waals surface area contributed by atoms with Crippen LogP contribution in [0.2, 0.25) is 13.1 Å². The van der Waals surface area contributed by atoms with Crippen molar-refractivity contribution in [3.63, 3.8) is 0 Å². The van der Waals surface area contributed by atoms with Crippen molar-refractivity contribution in [2.75, 3.05) is 6.61 Å². The van der Waals surface area contributed by atoms with Gasteiger partial charge in [-0.05, 0) is 11.6 Å². The molecule has 1 nitrogen and oxygen atoms in total. The van der Waals surface area contributed by atoms with Crippen LogP contribution in [-0.2, 0) is 4.74 Å². The third kappa shape index (κ3) is 4.20. The van der Waals surface area contributed by atoms with Gasteiger partial charge in [-0.2, -0.15) is 0 Å². The van der Waals surface area contributed by atoms with E-state index >= 15 is 0 Å². The summed E-state index contributed by atoms with van der Waals surface area (Å²) in [5.41, 5.74) is 1.19. The van der Waals surface area contributed by atoms with Gasteiger partial charge in [-0.1, -0.05) is 91.6 Å². The first-order valence-electron chi connectivity index (χ1n) is 7.20. The molecule has 0 heterocycles. The van der Waals surface area contributed by atoms with Gasteiger partial charge in [0, 0.05) is 0 Å². The molecule has 0 aliphatic heterocycles. The summed E-state index contributed by atoms with van der Waals surface area (Å²) in [7, 11) is -1.76. The maximum Gasteiger partial charge on any atom is 0.155 e. The predicted molar refractivity (Wildman–Crippen MR) is 94.1 cm³/mol. The molecule has 2 aromatic rings. The molecule has 0 N–H and O–H groups in total. The highest BCUT2D eigenvalue weighted by molar-refractivity contribution is 6.95. The van der Waals surface area contributed by atoms with Crippen LogP contribution in [0.4, 0.5) is 0 Å². The molecule has 0 amide bonds. The third-order valence-electron chi connectivity index (χ3n) is 3.66. The topological polar surface area (TPSA) is 9.23 Å².